The van der Waals surface area contributed by atoms with Gasteiger partial charge < -0.3 is 25.3 Å². The molecule has 0 aromatic rings. The SMILES string of the molecule is CCOC(OCC)C(N)CNC(=O)OC(C)(C)C. The van der Waals surface area contributed by atoms with Crippen LogP contribution in [0.3, 0.4) is 0 Å². The molecule has 0 fully saturated rings. The first-order chi connectivity index (χ1) is 8.30. The molecule has 0 aromatic heterocycles. The van der Waals surface area contributed by atoms with Crippen molar-refractivity contribution in [2.24, 2.45) is 5.73 Å². The monoisotopic (exact) mass is 262 g/mol. The van der Waals surface area contributed by atoms with Gasteiger partial charge in [-0.05, 0) is 34.6 Å². The fourth-order valence-corrected chi connectivity index (χ4v) is 1.24. The lowest BCUT2D eigenvalue weighted by molar-refractivity contribution is -0.147. The van der Waals surface area contributed by atoms with Gasteiger partial charge in [0.1, 0.15) is 5.60 Å². The Bertz CT molecular complexity index is 235. The van der Waals surface area contributed by atoms with E-state index < -0.39 is 24.0 Å². The maximum atomic E-state index is 11.4. The number of ether oxygens (including phenoxy) is 3. The molecule has 0 bridgehead atoms. The van der Waals surface area contributed by atoms with Crippen molar-refractivity contribution in [1.29, 1.82) is 0 Å². The Morgan fingerprint density at radius 3 is 2.11 bits per heavy atom. The first-order valence-electron chi connectivity index (χ1n) is 6.25. The molecule has 1 amide bonds. The van der Waals surface area contributed by atoms with Crippen LogP contribution in [0, 0.1) is 0 Å². The fraction of sp³-hybridized carbons (Fsp3) is 0.917. The fourth-order valence-electron chi connectivity index (χ4n) is 1.24. The van der Waals surface area contributed by atoms with Gasteiger partial charge in [-0.25, -0.2) is 4.79 Å². The maximum Gasteiger partial charge on any atom is 0.407 e. The molecular weight excluding hydrogens is 236 g/mol. The van der Waals surface area contributed by atoms with Crippen LogP contribution in [0.25, 0.3) is 0 Å². The van der Waals surface area contributed by atoms with E-state index in [1.54, 1.807) is 20.8 Å². The highest BCUT2D eigenvalue weighted by atomic mass is 16.7. The van der Waals surface area contributed by atoms with E-state index in [1.807, 2.05) is 13.8 Å². The van der Waals surface area contributed by atoms with E-state index in [-0.39, 0.29) is 6.54 Å². The Morgan fingerprint density at radius 2 is 1.72 bits per heavy atom. The van der Waals surface area contributed by atoms with Gasteiger partial charge in [-0.2, -0.15) is 0 Å². The van der Waals surface area contributed by atoms with Crippen molar-refractivity contribution < 1.29 is 19.0 Å². The predicted octanol–water partition coefficient (Wildman–Crippen LogP) is 1.24. The van der Waals surface area contributed by atoms with Crippen LogP contribution in [-0.2, 0) is 14.2 Å². The second-order valence-corrected chi connectivity index (χ2v) is 4.83. The lowest BCUT2D eigenvalue weighted by Crippen LogP contribution is -2.48. The zero-order chi connectivity index (χ0) is 14.2. The Kier molecular flexibility index (Phi) is 7.90. The van der Waals surface area contributed by atoms with E-state index in [9.17, 15) is 4.79 Å². The summed E-state index contributed by atoms with van der Waals surface area (Å²) in [4.78, 5) is 11.4. The number of nitrogens with one attached hydrogen (secondary N) is 1. The Morgan fingerprint density at radius 1 is 1.22 bits per heavy atom. The summed E-state index contributed by atoms with van der Waals surface area (Å²) in [5.41, 5.74) is 5.36. The number of carbonyl (C=O) groups is 1. The number of amides is 1. The zero-order valence-electron chi connectivity index (χ0n) is 12.0. The van der Waals surface area contributed by atoms with E-state index in [0.29, 0.717) is 13.2 Å². The molecule has 0 aliphatic rings. The number of carbonyl (C=O) groups excluding carboxylic acids is 1. The van der Waals surface area contributed by atoms with Crippen LogP contribution in [0.1, 0.15) is 34.6 Å². The van der Waals surface area contributed by atoms with Crippen LogP contribution in [0.2, 0.25) is 0 Å². The number of rotatable bonds is 7. The Hall–Kier alpha value is -0.850. The molecule has 0 aliphatic heterocycles. The van der Waals surface area contributed by atoms with Crippen molar-refractivity contribution in [2.75, 3.05) is 19.8 Å². The maximum absolute atomic E-state index is 11.4. The number of nitrogens with two attached hydrogens (primary N) is 1. The average Bonchev–Trinajstić information content (AvgIpc) is 2.23. The smallest absolute Gasteiger partial charge is 0.407 e. The van der Waals surface area contributed by atoms with E-state index >= 15 is 0 Å². The molecule has 0 rings (SSSR count). The number of alkyl carbamates (subject to hydrolysis) is 1. The summed E-state index contributed by atoms with van der Waals surface area (Å²) >= 11 is 0. The van der Waals surface area contributed by atoms with Gasteiger partial charge in [0, 0.05) is 19.8 Å². The minimum absolute atomic E-state index is 0.236. The van der Waals surface area contributed by atoms with Gasteiger partial charge in [0.05, 0.1) is 6.04 Å². The molecule has 0 radical (unpaired) electrons. The minimum Gasteiger partial charge on any atom is -0.444 e. The van der Waals surface area contributed by atoms with Crippen LogP contribution in [0.4, 0.5) is 4.79 Å². The van der Waals surface area contributed by atoms with Crippen LogP contribution in [0.15, 0.2) is 0 Å². The standard InChI is InChI=1S/C12H26N2O4/c1-6-16-10(17-7-2)9(13)8-14-11(15)18-12(3,4)5/h9-10H,6-8,13H2,1-5H3,(H,14,15). The molecule has 108 valence electrons. The predicted molar refractivity (Wildman–Crippen MR) is 69.3 cm³/mol. The highest BCUT2D eigenvalue weighted by Crippen LogP contribution is 2.06. The number of hydrogen-bond acceptors (Lipinski definition) is 5. The minimum atomic E-state index is -0.520. The Labute approximate surface area is 109 Å². The topological polar surface area (TPSA) is 82.8 Å². The van der Waals surface area contributed by atoms with Crippen molar-refractivity contribution in [2.45, 2.75) is 52.6 Å². The molecule has 1 atom stereocenters. The second kappa shape index (κ2) is 8.29. The summed E-state index contributed by atoms with van der Waals surface area (Å²) in [5, 5.41) is 2.59. The molecule has 3 N–H and O–H groups in total. The van der Waals surface area contributed by atoms with Crippen molar-refractivity contribution in [3.63, 3.8) is 0 Å². The van der Waals surface area contributed by atoms with E-state index in [2.05, 4.69) is 5.32 Å². The largest absolute Gasteiger partial charge is 0.444 e. The van der Waals surface area contributed by atoms with Crippen molar-refractivity contribution >= 4 is 6.09 Å². The third-order valence-electron chi connectivity index (χ3n) is 1.89. The van der Waals surface area contributed by atoms with E-state index in [1.165, 1.54) is 0 Å². The van der Waals surface area contributed by atoms with Gasteiger partial charge >= 0.3 is 6.09 Å². The third kappa shape index (κ3) is 8.27. The van der Waals surface area contributed by atoms with Gasteiger partial charge in [0.25, 0.3) is 0 Å². The van der Waals surface area contributed by atoms with E-state index in [4.69, 9.17) is 19.9 Å². The summed E-state index contributed by atoms with van der Waals surface area (Å²) in [6, 6.07) is -0.433. The summed E-state index contributed by atoms with van der Waals surface area (Å²) in [6.07, 6.45) is -1.01. The molecule has 18 heavy (non-hydrogen) atoms. The van der Waals surface area contributed by atoms with Gasteiger partial charge in [-0.1, -0.05) is 0 Å². The van der Waals surface area contributed by atoms with Gasteiger partial charge in [0.15, 0.2) is 6.29 Å². The molecular formula is C12H26N2O4. The molecule has 0 saturated heterocycles. The quantitative estimate of drug-likeness (QED) is 0.674. The molecule has 0 aromatic carbocycles. The first kappa shape index (κ1) is 17.2. The van der Waals surface area contributed by atoms with Crippen molar-refractivity contribution in [1.82, 2.24) is 5.32 Å². The lowest BCUT2D eigenvalue weighted by Gasteiger charge is -2.25. The average molecular weight is 262 g/mol. The van der Waals surface area contributed by atoms with Crippen LogP contribution in [-0.4, -0.2) is 43.8 Å². The van der Waals surface area contributed by atoms with Crippen LogP contribution < -0.4 is 11.1 Å². The summed E-state index contributed by atoms with van der Waals surface area (Å²) in [6.45, 7) is 10.4. The number of hydrogen-bond donors (Lipinski definition) is 2. The highest BCUT2D eigenvalue weighted by Gasteiger charge is 2.21. The highest BCUT2D eigenvalue weighted by molar-refractivity contribution is 5.67. The molecule has 6 heteroatoms. The molecule has 1 unspecified atom stereocenters. The first-order valence-corrected chi connectivity index (χ1v) is 6.25. The van der Waals surface area contributed by atoms with Gasteiger partial charge in [0.2, 0.25) is 0 Å². The molecule has 0 spiro atoms. The van der Waals surface area contributed by atoms with Gasteiger partial charge in [-0.15, -0.1) is 0 Å². The van der Waals surface area contributed by atoms with Crippen molar-refractivity contribution in [3.05, 3.63) is 0 Å². The third-order valence-corrected chi connectivity index (χ3v) is 1.89. The Balaban J connectivity index is 4.05. The van der Waals surface area contributed by atoms with Gasteiger partial charge in [-0.3, -0.25) is 0 Å². The lowest BCUT2D eigenvalue weighted by atomic mass is 10.2. The summed E-state index contributed by atoms with van der Waals surface area (Å²) in [7, 11) is 0. The van der Waals surface area contributed by atoms with Crippen LogP contribution in [0.5, 0.6) is 0 Å². The van der Waals surface area contributed by atoms with Crippen molar-refractivity contribution in [3.8, 4) is 0 Å². The van der Waals surface area contributed by atoms with E-state index in [0.717, 1.165) is 0 Å². The molecule has 6 nitrogen and oxygen atoms in total. The normalized spacial score (nSPS) is 13.5. The molecule has 0 aliphatic carbocycles. The summed E-state index contributed by atoms with van der Waals surface area (Å²) in [5.74, 6) is 0. The zero-order valence-corrected chi connectivity index (χ0v) is 12.0. The second-order valence-electron chi connectivity index (χ2n) is 4.83. The molecule has 0 heterocycles. The molecule has 0 saturated carbocycles. The van der Waals surface area contributed by atoms with Crippen LogP contribution >= 0.6 is 0 Å². The summed E-state index contributed by atoms with van der Waals surface area (Å²) < 4.78 is 15.8.